The molecule has 0 unspecified atom stereocenters. The van der Waals surface area contributed by atoms with Crippen molar-refractivity contribution < 1.29 is 19.1 Å². The first kappa shape index (κ1) is 14.8. The zero-order valence-corrected chi connectivity index (χ0v) is 12.2. The van der Waals surface area contributed by atoms with Gasteiger partial charge < -0.3 is 9.47 Å². The summed E-state index contributed by atoms with van der Waals surface area (Å²) in [7, 11) is 0. The van der Waals surface area contributed by atoms with Gasteiger partial charge in [-0.15, -0.1) is 0 Å². The Bertz CT molecular complexity index is 389. The summed E-state index contributed by atoms with van der Waals surface area (Å²) in [4.78, 5) is 25.1. The SMILES string of the molecule is CCOC(=O)C12CC=CCC1(C(=O)OCC)CC=CC2. The Morgan fingerprint density at radius 2 is 1.10 bits per heavy atom. The molecule has 110 valence electrons. The monoisotopic (exact) mass is 278 g/mol. The minimum atomic E-state index is -0.807. The lowest BCUT2D eigenvalue weighted by Crippen LogP contribution is -2.55. The third-order valence-electron chi connectivity index (χ3n) is 4.45. The Morgan fingerprint density at radius 3 is 1.35 bits per heavy atom. The van der Waals surface area contributed by atoms with Crippen LogP contribution in [-0.4, -0.2) is 25.2 Å². The number of carbonyl (C=O) groups excluding carboxylic acids is 2. The van der Waals surface area contributed by atoms with Crippen LogP contribution in [-0.2, 0) is 19.1 Å². The molecule has 0 saturated carbocycles. The zero-order valence-electron chi connectivity index (χ0n) is 12.2. The molecule has 0 aromatic carbocycles. The lowest BCUT2D eigenvalue weighted by molar-refractivity contribution is -0.182. The molecule has 0 bridgehead atoms. The molecular weight excluding hydrogens is 256 g/mol. The zero-order chi connectivity index (χ0) is 14.6. The van der Waals surface area contributed by atoms with Gasteiger partial charge in [0.1, 0.15) is 0 Å². The molecule has 0 amide bonds. The maximum Gasteiger partial charge on any atom is 0.313 e. The molecule has 0 spiro atoms. The normalized spacial score (nSPS) is 31.5. The first-order chi connectivity index (χ1) is 9.63. The third kappa shape index (κ3) is 2.07. The molecule has 4 heteroatoms. The van der Waals surface area contributed by atoms with Crippen LogP contribution in [0.2, 0.25) is 0 Å². The van der Waals surface area contributed by atoms with E-state index in [9.17, 15) is 9.59 Å². The second-order valence-electron chi connectivity index (χ2n) is 5.36. The van der Waals surface area contributed by atoms with Crippen molar-refractivity contribution in [3.05, 3.63) is 24.3 Å². The van der Waals surface area contributed by atoms with E-state index in [2.05, 4.69) is 0 Å². The Hall–Kier alpha value is -1.58. The molecule has 0 saturated heterocycles. The summed E-state index contributed by atoms with van der Waals surface area (Å²) >= 11 is 0. The van der Waals surface area contributed by atoms with Crippen molar-refractivity contribution in [2.75, 3.05) is 13.2 Å². The van der Waals surface area contributed by atoms with Crippen LogP contribution < -0.4 is 0 Å². The minimum Gasteiger partial charge on any atom is -0.466 e. The maximum atomic E-state index is 12.6. The van der Waals surface area contributed by atoms with Crippen LogP contribution >= 0.6 is 0 Å². The van der Waals surface area contributed by atoms with Crippen molar-refractivity contribution in [2.24, 2.45) is 10.8 Å². The number of hydrogen-bond donors (Lipinski definition) is 0. The van der Waals surface area contributed by atoms with Crippen molar-refractivity contribution >= 4 is 11.9 Å². The average Bonchev–Trinajstić information content (AvgIpc) is 2.47. The first-order valence-corrected chi connectivity index (χ1v) is 7.27. The molecule has 0 N–H and O–H groups in total. The highest BCUT2D eigenvalue weighted by Crippen LogP contribution is 2.56. The number of hydrogen-bond acceptors (Lipinski definition) is 4. The van der Waals surface area contributed by atoms with E-state index in [1.807, 2.05) is 24.3 Å². The van der Waals surface area contributed by atoms with Crippen LogP contribution in [0, 0.1) is 10.8 Å². The third-order valence-corrected chi connectivity index (χ3v) is 4.45. The molecule has 2 aliphatic carbocycles. The van der Waals surface area contributed by atoms with Gasteiger partial charge in [-0.3, -0.25) is 9.59 Å². The molecule has 0 aromatic heterocycles. The summed E-state index contributed by atoms with van der Waals surface area (Å²) in [6.45, 7) is 4.23. The van der Waals surface area contributed by atoms with Gasteiger partial charge in [0.2, 0.25) is 0 Å². The minimum absolute atomic E-state index is 0.276. The Kier molecular flexibility index (Phi) is 4.31. The van der Waals surface area contributed by atoms with Crippen LogP contribution in [0.15, 0.2) is 24.3 Å². The molecule has 20 heavy (non-hydrogen) atoms. The molecular formula is C16H22O4. The molecule has 2 rings (SSSR count). The van der Waals surface area contributed by atoms with Crippen molar-refractivity contribution in [1.82, 2.24) is 0 Å². The quantitative estimate of drug-likeness (QED) is 0.586. The summed E-state index contributed by atoms with van der Waals surface area (Å²) in [6.07, 6.45) is 10.1. The van der Waals surface area contributed by atoms with E-state index in [-0.39, 0.29) is 11.9 Å². The molecule has 0 atom stereocenters. The van der Waals surface area contributed by atoms with Gasteiger partial charge in [0.25, 0.3) is 0 Å². The van der Waals surface area contributed by atoms with Crippen molar-refractivity contribution in [3.8, 4) is 0 Å². The predicted molar refractivity (Wildman–Crippen MR) is 74.9 cm³/mol. The lowest BCUT2D eigenvalue weighted by atomic mass is 9.53. The van der Waals surface area contributed by atoms with E-state index in [0.717, 1.165) is 0 Å². The van der Waals surface area contributed by atoms with E-state index in [1.54, 1.807) is 13.8 Å². The Morgan fingerprint density at radius 1 is 0.800 bits per heavy atom. The fourth-order valence-corrected chi connectivity index (χ4v) is 3.35. The number of allylic oxidation sites excluding steroid dienone is 4. The average molecular weight is 278 g/mol. The number of ether oxygens (including phenoxy) is 2. The Balaban J connectivity index is 2.46. The van der Waals surface area contributed by atoms with E-state index in [0.29, 0.717) is 38.9 Å². The second-order valence-corrected chi connectivity index (χ2v) is 5.36. The fourth-order valence-electron chi connectivity index (χ4n) is 3.35. The van der Waals surface area contributed by atoms with E-state index >= 15 is 0 Å². The van der Waals surface area contributed by atoms with Gasteiger partial charge in [0, 0.05) is 0 Å². The molecule has 0 fully saturated rings. The summed E-state index contributed by atoms with van der Waals surface area (Å²) in [6, 6.07) is 0. The lowest BCUT2D eigenvalue weighted by Gasteiger charge is -2.49. The van der Waals surface area contributed by atoms with Crippen LogP contribution in [0.25, 0.3) is 0 Å². The van der Waals surface area contributed by atoms with Gasteiger partial charge in [-0.2, -0.15) is 0 Å². The highest BCUT2D eigenvalue weighted by Gasteiger charge is 2.62. The van der Waals surface area contributed by atoms with Gasteiger partial charge >= 0.3 is 11.9 Å². The van der Waals surface area contributed by atoms with E-state index < -0.39 is 10.8 Å². The molecule has 0 aliphatic heterocycles. The van der Waals surface area contributed by atoms with Gasteiger partial charge in [-0.25, -0.2) is 0 Å². The van der Waals surface area contributed by atoms with Crippen LogP contribution in [0.3, 0.4) is 0 Å². The van der Waals surface area contributed by atoms with Gasteiger partial charge in [-0.1, -0.05) is 24.3 Å². The van der Waals surface area contributed by atoms with Crippen molar-refractivity contribution in [1.29, 1.82) is 0 Å². The molecule has 0 aromatic rings. The highest BCUT2D eigenvalue weighted by molar-refractivity contribution is 5.90. The van der Waals surface area contributed by atoms with E-state index in [1.165, 1.54) is 0 Å². The number of esters is 2. The standard InChI is InChI=1S/C16H22O4/c1-3-19-13(17)15-9-5-7-11-16(15,12-8-6-10-15)14(18)20-4-2/h5-8H,3-4,9-12H2,1-2H3. The maximum absolute atomic E-state index is 12.6. The Labute approximate surface area is 119 Å². The van der Waals surface area contributed by atoms with Crippen LogP contribution in [0.5, 0.6) is 0 Å². The first-order valence-electron chi connectivity index (χ1n) is 7.27. The van der Waals surface area contributed by atoms with Gasteiger partial charge in [0.05, 0.1) is 24.0 Å². The van der Waals surface area contributed by atoms with Crippen LogP contribution in [0.4, 0.5) is 0 Å². The fraction of sp³-hybridized carbons (Fsp3) is 0.625. The molecule has 0 radical (unpaired) electrons. The highest BCUT2D eigenvalue weighted by atomic mass is 16.5. The van der Waals surface area contributed by atoms with E-state index in [4.69, 9.17) is 9.47 Å². The summed E-state index contributed by atoms with van der Waals surface area (Å²) in [5.41, 5.74) is -1.61. The number of rotatable bonds is 4. The smallest absolute Gasteiger partial charge is 0.313 e. The van der Waals surface area contributed by atoms with Crippen molar-refractivity contribution in [3.63, 3.8) is 0 Å². The topological polar surface area (TPSA) is 52.6 Å². The molecule has 2 aliphatic rings. The summed E-state index contributed by atoms with van der Waals surface area (Å²) in [5.74, 6) is -0.552. The van der Waals surface area contributed by atoms with Crippen molar-refractivity contribution in [2.45, 2.75) is 39.5 Å². The predicted octanol–water partition coefficient (Wildman–Crippen LogP) is 2.79. The number of carbonyl (C=O) groups is 2. The summed E-state index contributed by atoms with van der Waals surface area (Å²) < 4.78 is 10.6. The molecule has 4 nitrogen and oxygen atoms in total. The second kappa shape index (κ2) is 5.81. The summed E-state index contributed by atoms with van der Waals surface area (Å²) in [5, 5.41) is 0. The van der Waals surface area contributed by atoms with Gasteiger partial charge in [0.15, 0.2) is 0 Å². The number of fused-ring (bicyclic) bond motifs is 1. The largest absolute Gasteiger partial charge is 0.466 e. The molecule has 0 heterocycles. The van der Waals surface area contributed by atoms with Gasteiger partial charge in [-0.05, 0) is 39.5 Å². The van der Waals surface area contributed by atoms with Crippen LogP contribution in [0.1, 0.15) is 39.5 Å².